The van der Waals surface area contributed by atoms with Crippen molar-refractivity contribution in [3.63, 3.8) is 0 Å². The number of amides is 1. The van der Waals surface area contributed by atoms with Gasteiger partial charge in [-0.2, -0.15) is 0 Å². The maximum atomic E-state index is 11.7. The second-order valence-corrected chi connectivity index (χ2v) is 3.92. The first kappa shape index (κ1) is 11.6. The number of rotatable bonds is 3. The fraction of sp³-hybridized carbons (Fsp3) is 0.333. The zero-order valence-electron chi connectivity index (χ0n) is 9.30. The number of carbonyl (C=O) groups is 2. The Balaban J connectivity index is 2.29. The van der Waals surface area contributed by atoms with Gasteiger partial charge >= 0.3 is 5.97 Å². The number of benzene rings is 1. The molecular formula is C12H14N2O3. The maximum absolute atomic E-state index is 11.7. The minimum atomic E-state index is -0.994. The van der Waals surface area contributed by atoms with E-state index >= 15 is 0 Å². The molecule has 0 aliphatic carbocycles. The molecule has 1 amide bonds. The van der Waals surface area contributed by atoms with Crippen molar-refractivity contribution in [3.05, 3.63) is 35.9 Å². The van der Waals surface area contributed by atoms with Crippen LogP contribution in [0.4, 0.5) is 0 Å². The first-order valence-electron chi connectivity index (χ1n) is 5.48. The number of nitrogens with one attached hydrogen (secondary N) is 1. The van der Waals surface area contributed by atoms with Gasteiger partial charge in [0.2, 0.25) is 5.91 Å². The van der Waals surface area contributed by atoms with Gasteiger partial charge in [0.05, 0.1) is 6.54 Å². The lowest BCUT2D eigenvalue weighted by Gasteiger charge is -2.32. The Bertz CT molecular complexity index is 419. The van der Waals surface area contributed by atoms with Crippen LogP contribution in [-0.2, 0) is 9.59 Å². The number of carboxylic acids is 1. The van der Waals surface area contributed by atoms with Gasteiger partial charge in [-0.1, -0.05) is 30.3 Å². The number of carboxylic acid groups (broad SMARTS) is 1. The Hall–Kier alpha value is -1.88. The molecule has 0 spiro atoms. The van der Waals surface area contributed by atoms with E-state index < -0.39 is 12.0 Å². The molecule has 0 aromatic heterocycles. The minimum Gasteiger partial charge on any atom is -0.479 e. The largest absolute Gasteiger partial charge is 0.479 e. The lowest BCUT2D eigenvalue weighted by atomic mass is 10.0. The van der Waals surface area contributed by atoms with Gasteiger partial charge in [-0.3, -0.25) is 4.79 Å². The van der Waals surface area contributed by atoms with Gasteiger partial charge in [0.15, 0.2) is 6.04 Å². The predicted octanol–water partition coefficient (Wildman–Crippen LogP) is 0.244. The number of hydrogen-bond acceptors (Lipinski definition) is 3. The van der Waals surface area contributed by atoms with E-state index in [0.717, 1.165) is 0 Å². The summed E-state index contributed by atoms with van der Waals surface area (Å²) < 4.78 is 0. The van der Waals surface area contributed by atoms with Gasteiger partial charge in [0, 0.05) is 13.1 Å². The fourth-order valence-corrected chi connectivity index (χ4v) is 1.99. The fourth-order valence-electron chi connectivity index (χ4n) is 1.99. The van der Waals surface area contributed by atoms with Crippen molar-refractivity contribution in [2.45, 2.75) is 6.04 Å². The molecule has 2 N–H and O–H groups in total. The van der Waals surface area contributed by atoms with Crippen LogP contribution >= 0.6 is 0 Å². The van der Waals surface area contributed by atoms with E-state index in [1.807, 2.05) is 6.07 Å². The van der Waals surface area contributed by atoms with Crippen LogP contribution in [0.2, 0.25) is 0 Å². The molecule has 1 fully saturated rings. The summed E-state index contributed by atoms with van der Waals surface area (Å²) in [6.07, 6.45) is 0. The van der Waals surface area contributed by atoms with Crippen molar-refractivity contribution >= 4 is 11.9 Å². The topological polar surface area (TPSA) is 69.6 Å². The molecule has 0 bridgehead atoms. The lowest BCUT2D eigenvalue weighted by Crippen LogP contribution is -2.51. The van der Waals surface area contributed by atoms with Crippen molar-refractivity contribution in [1.29, 1.82) is 0 Å². The smallest absolute Gasteiger partial charge is 0.331 e. The third-order valence-corrected chi connectivity index (χ3v) is 2.79. The van der Waals surface area contributed by atoms with Gasteiger partial charge in [-0.05, 0) is 5.56 Å². The monoisotopic (exact) mass is 234 g/mol. The molecule has 1 aromatic rings. The summed E-state index contributed by atoms with van der Waals surface area (Å²) in [5.74, 6) is -1.17. The summed E-state index contributed by atoms with van der Waals surface area (Å²) in [5.41, 5.74) is 0.634. The Morgan fingerprint density at radius 3 is 2.65 bits per heavy atom. The number of aliphatic carboxylic acids is 1. The summed E-state index contributed by atoms with van der Waals surface area (Å²) in [4.78, 5) is 24.5. The van der Waals surface area contributed by atoms with Crippen molar-refractivity contribution in [1.82, 2.24) is 10.2 Å². The highest BCUT2D eigenvalue weighted by molar-refractivity contribution is 5.86. The predicted molar refractivity (Wildman–Crippen MR) is 61.4 cm³/mol. The minimum absolute atomic E-state index is 0.174. The van der Waals surface area contributed by atoms with E-state index in [1.54, 1.807) is 24.3 Å². The maximum Gasteiger partial charge on any atom is 0.331 e. The Kier molecular flexibility index (Phi) is 3.39. The quantitative estimate of drug-likeness (QED) is 0.786. The van der Waals surface area contributed by atoms with Crippen LogP contribution in [-0.4, -0.2) is 41.5 Å². The van der Waals surface area contributed by atoms with Crippen molar-refractivity contribution in [2.75, 3.05) is 19.6 Å². The first-order valence-corrected chi connectivity index (χ1v) is 5.48. The molecule has 1 saturated heterocycles. The van der Waals surface area contributed by atoms with Crippen LogP contribution in [0.5, 0.6) is 0 Å². The molecule has 1 heterocycles. The van der Waals surface area contributed by atoms with E-state index in [2.05, 4.69) is 5.32 Å². The molecule has 1 aliphatic rings. The summed E-state index contributed by atoms with van der Waals surface area (Å²) in [7, 11) is 0. The normalized spacial score (nSPS) is 17.9. The average molecular weight is 234 g/mol. The highest BCUT2D eigenvalue weighted by Crippen LogP contribution is 2.21. The first-order chi connectivity index (χ1) is 8.20. The van der Waals surface area contributed by atoms with E-state index in [1.165, 1.54) is 4.90 Å². The zero-order valence-corrected chi connectivity index (χ0v) is 9.30. The lowest BCUT2D eigenvalue weighted by molar-refractivity contribution is -0.151. The van der Waals surface area contributed by atoms with Crippen LogP contribution < -0.4 is 5.32 Å². The third-order valence-electron chi connectivity index (χ3n) is 2.79. The van der Waals surface area contributed by atoms with Crippen LogP contribution in [0.15, 0.2) is 30.3 Å². The summed E-state index contributed by atoms with van der Waals surface area (Å²) in [6.45, 7) is 1.25. The standard InChI is InChI=1S/C12H14N2O3/c15-10-8-13-6-7-14(10)11(12(16)17)9-4-2-1-3-5-9/h1-5,11,13H,6-8H2,(H,16,17). The summed E-state index contributed by atoms with van der Waals surface area (Å²) in [5, 5.41) is 12.2. The van der Waals surface area contributed by atoms with Gasteiger partial charge in [-0.25, -0.2) is 4.79 Å². The van der Waals surface area contributed by atoms with Crippen LogP contribution in [0.1, 0.15) is 11.6 Å². The van der Waals surface area contributed by atoms with Gasteiger partial charge in [-0.15, -0.1) is 0 Å². The van der Waals surface area contributed by atoms with Gasteiger partial charge in [0.25, 0.3) is 0 Å². The number of hydrogen-bond donors (Lipinski definition) is 2. The van der Waals surface area contributed by atoms with E-state index in [0.29, 0.717) is 18.7 Å². The molecule has 0 saturated carbocycles. The van der Waals surface area contributed by atoms with Crippen molar-refractivity contribution < 1.29 is 14.7 Å². The zero-order chi connectivity index (χ0) is 12.3. The molecule has 5 nitrogen and oxygen atoms in total. The second-order valence-electron chi connectivity index (χ2n) is 3.92. The molecule has 5 heteroatoms. The molecule has 1 atom stereocenters. The molecule has 0 radical (unpaired) electrons. The Morgan fingerprint density at radius 2 is 2.06 bits per heavy atom. The van der Waals surface area contributed by atoms with Gasteiger partial charge < -0.3 is 15.3 Å². The molecule has 2 rings (SSSR count). The average Bonchev–Trinajstić information content (AvgIpc) is 2.33. The third kappa shape index (κ3) is 2.45. The van der Waals surface area contributed by atoms with E-state index in [4.69, 9.17) is 0 Å². The molecule has 17 heavy (non-hydrogen) atoms. The van der Waals surface area contributed by atoms with Crippen LogP contribution in [0.3, 0.4) is 0 Å². The Morgan fingerprint density at radius 1 is 1.35 bits per heavy atom. The Labute approximate surface area is 99.0 Å². The van der Waals surface area contributed by atoms with Gasteiger partial charge in [0.1, 0.15) is 0 Å². The molecule has 90 valence electrons. The van der Waals surface area contributed by atoms with Crippen LogP contribution in [0, 0.1) is 0 Å². The van der Waals surface area contributed by atoms with Crippen molar-refractivity contribution in [2.24, 2.45) is 0 Å². The molecule has 1 unspecified atom stereocenters. The SMILES string of the molecule is O=C(O)C(c1ccccc1)N1CCNCC1=O. The van der Waals surface area contributed by atoms with E-state index in [-0.39, 0.29) is 12.5 Å². The second kappa shape index (κ2) is 4.97. The number of carbonyl (C=O) groups excluding carboxylic acids is 1. The van der Waals surface area contributed by atoms with E-state index in [9.17, 15) is 14.7 Å². The highest BCUT2D eigenvalue weighted by atomic mass is 16.4. The molecular weight excluding hydrogens is 220 g/mol. The molecule has 1 aromatic carbocycles. The van der Waals surface area contributed by atoms with Crippen LogP contribution in [0.25, 0.3) is 0 Å². The summed E-state index contributed by atoms with van der Waals surface area (Å²) in [6, 6.07) is 7.95. The highest BCUT2D eigenvalue weighted by Gasteiger charge is 2.32. The number of piperazine rings is 1. The number of nitrogens with zero attached hydrogens (tertiary/aromatic N) is 1. The van der Waals surface area contributed by atoms with Crippen molar-refractivity contribution in [3.8, 4) is 0 Å². The summed E-state index contributed by atoms with van der Waals surface area (Å²) >= 11 is 0. The molecule has 1 aliphatic heterocycles.